The van der Waals surface area contributed by atoms with Crippen LogP contribution in [0.25, 0.3) is 0 Å². The van der Waals surface area contributed by atoms with Gasteiger partial charge >= 0.3 is 12.1 Å². The summed E-state index contributed by atoms with van der Waals surface area (Å²) >= 11 is 0. The van der Waals surface area contributed by atoms with Crippen LogP contribution in [0, 0.1) is 0 Å². The number of carbonyl (C=O) groups excluding carboxylic acids is 2. The SMILES string of the molecule is CC(C)(C)OC(=O)[C@H]1CCCN1C(=O)COCC(F)(F)F. The summed E-state index contributed by atoms with van der Waals surface area (Å²) in [5.41, 5.74) is -0.679. The molecule has 0 saturated carbocycles. The number of carbonyl (C=O) groups is 2. The molecule has 0 bridgehead atoms. The summed E-state index contributed by atoms with van der Waals surface area (Å²) in [5.74, 6) is -1.17. The molecule has 1 heterocycles. The van der Waals surface area contributed by atoms with Crippen LogP contribution in [0.2, 0.25) is 0 Å². The Hall–Kier alpha value is -1.31. The molecule has 1 fully saturated rings. The first-order chi connectivity index (χ1) is 9.49. The van der Waals surface area contributed by atoms with E-state index in [0.29, 0.717) is 19.4 Å². The molecule has 0 spiro atoms. The number of halogens is 3. The van der Waals surface area contributed by atoms with E-state index in [1.807, 2.05) is 0 Å². The molecule has 0 aliphatic carbocycles. The van der Waals surface area contributed by atoms with Gasteiger partial charge in [0, 0.05) is 6.54 Å². The van der Waals surface area contributed by atoms with Gasteiger partial charge in [-0.15, -0.1) is 0 Å². The van der Waals surface area contributed by atoms with E-state index in [-0.39, 0.29) is 0 Å². The van der Waals surface area contributed by atoms with Gasteiger partial charge in [-0.1, -0.05) is 0 Å². The van der Waals surface area contributed by atoms with Crippen LogP contribution in [-0.2, 0) is 19.1 Å². The second kappa shape index (κ2) is 6.64. The summed E-state index contributed by atoms with van der Waals surface area (Å²) in [6.45, 7) is 3.26. The number of esters is 1. The maximum atomic E-state index is 12.0. The monoisotopic (exact) mass is 311 g/mol. The average molecular weight is 311 g/mol. The third-order valence-corrected chi connectivity index (χ3v) is 2.74. The standard InChI is InChI=1S/C13H20F3NO4/c1-12(2,3)21-11(19)9-5-4-6-17(9)10(18)7-20-8-13(14,15)16/h9H,4-8H2,1-3H3/t9-/m1/s1. The molecule has 1 aliphatic rings. The predicted molar refractivity (Wildman–Crippen MR) is 67.5 cm³/mol. The summed E-state index contributed by atoms with van der Waals surface area (Å²) < 4.78 is 45.4. The van der Waals surface area contributed by atoms with Crippen molar-refractivity contribution in [3.8, 4) is 0 Å². The van der Waals surface area contributed by atoms with E-state index in [1.54, 1.807) is 20.8 Å². The maximum absolute atomic E-state index is 12.0. The molecule has 5 nitrogen and oxygen atoms in total. The minimum Gasteiger partial charge on any atom is -0.458 e. The Bertz CT molecular complexity index is 390. The zero-order valence-corrected chi connectivity index (χ0v) is 12.3. The van der Waals surface area contributed by atoms with Crippen LogP contribution >= 0.6 is 0 Å². The third kappa shape index (κ3) is 6.33. The van der Waals surface area contributed by atoms with Gasteiger partial charge in [-0.3, -0.25) is 4.79 Å². The van der Waals surface area contributed by atoms with Crippen LogP contribution < -0.4 is 0 Å². The van der Waals surface area contributed by atoms with Crippen LogP contribution in [0.1, 0.15) is 33.6 Å². The highest BCUT2D eigenvalue weighted by Crippen LogP contribution is 2.21. The second-order valence-electron chi connectivity index (χ2n) is 5.89. The minimum absolute atomic E-state index is 0.318. The average Bonchev–Trinajstić information content (AvgIpc) is 2.73. The van der Waals surface area contributed by atoms with Gasteiger partial charge in [-0.25, -0.2) is 4.79 Å². The van der Waals surface area contributed by atoms with Crippen LogP contribution in [0.3, 0.4) is 0 Å². The molecule has 1 saturated heterocycles. The Balaban J connectivity index is 2.52. The molecule has 122 valence electrons. The number of nitrogens with zero attached hydrogens (tertiary/aromatic N) is 1. The lowest BCUT2D eigenvalue weighted by atomic mass is 10.1. The van der Waals surface area contributed by atoms with E-state index in [2.05, 4.69) is 4.74 Å². The number of ether oxygens (including phenoxy) is 2. The lowest BCUT2D eigenvalue weighted by Crippen LogP contribution is -2.45. The number of amides is 1. The van der Waals surface area contributed by atoms with Crippen LogP contribution in [0.5, 0.6) is 0 Å². The first-order valence-electron chi connectivity index (χ1n) is 6.66. The second-order valence-corrected chi connectivity index (χ2v) is 5.89. The molecule has 1 amide bonds. The molecular weight excluding hydrogens is 291 g/mol. The summed E-state index contributed by atoms with van der Waals surface area (Å²) in [4.78, 5) is 25.0. The molecule has 8 heteroatoms. The Labute approximate surface area is 121 Å². The fraction of sp³-hybridized carbons (Fsp3) is 0.846. The van der Waals surface area contributed by atoms with Crippen molar-refractivity contribution in [3.05, 3.63) is 0 Å². The van der Waals surface area contributed by atoms with Crippen molar-refractivity contribution in [3.63, 3.8) is 0 Å². The summed E-state index contributed by atoms with van der Waals surface area (Å²) in [6.07, 6.45) is -3.43. The van der Waals surface area contributed by atoms with Crippen molar-refractivity contribution in [1.82, 2.24) is 4.90 Å². The first kappa shape index (κ1) is 17.7. The molecule has 0 radical (unpaired) electrons. The van der Waals surface area contributed by atoms with Gasteiger partial charge in [0.25, 0.3) is 0 Å². The van der Waals surface area contributed by atoms with Gasteiger partial charge in [-0.2, -0.15) is 13.2 Å². The Morgan fingerprint density at radius 2 is 1.86 bits per heavy atom. The fourth-order valence-electron chi connectivity index (χ4n) is 2.02. The molecule has 21 heavy (non-hydrogen) atoms. The van der Waals surface area contributed by atoms with E-state index < -0.39 is 42.9 Å². The van der Waals surface area contributed by atoms with E-state index in [4.69, 9.17) is 4.74 Å². The number of alkyl halides is 3. The fourth-order valence-corrected chi connectivity index (χ4v) is 2.02. The molecule has 1 atom stereocenters. The van der Waals surface area contributed by atoms with E-state index in [0.717, 1.165) is 0 Å². The molecule has 0 aromatic carbocycles. The normalized spacial score (nSPS) is 19.7. The number of rotatable bonds is 4. The van der Waals surface area contributed by atoms with Gasteiger partial charge in [0.1, 0.15) is 24.9 Å². The van der Waals surface area contributed by atoms with Crippen molar-refractivity contribution >= 4 is 11.9 Å². The van der Waals surface area contributed by atoms with Crippen LogP contribution in [-0.4, -0.2) is 54.4 Å². The van der Waals surface area contributed by atoms with Crippen molar-refractivity contribution in [2.45, 2.75) is 51.4 Å². The molecule has 0 unspecified atom stereocenters. The van der Waals surface area contributed by atoms with Gasteiger partial charge in [-0.05, 0) is 33.6 Å². The molecule has 0 aromatic rings. The number of hydrogen-bond donors (Lipinski definition) is 0. The molecule has 1 rings (SSSR count). The first-order valence-corrected chi connectivity index (χ1v) is 6.66. The Morgan fingerprint density at radius 3 is 2.38 bits per heavy atom. The van der Waals surface area contributed by atoms with Crippen molar-refractivity contribution in [2.75, 3.05) is 19.8 Å². The van der Waals surface area contributed by atoms with Gasteiger partial charge < -0.3 is 14.4 Å². The van der Waals surface area contributed by atoms with Crippen molar-refractivity contribution < 1.29 is 32.2 Å². The zero-order valence-electron chi connectivity index (χ0n) is 12.3. The maximum Gasteiger partial charge on any atom is 0.411 e. The van der Waals surface area contributed by atoms with Crippen molar-refractivity contribution in [2.24, 2.45) is 0 Å². The zero-order chi connectivity index (χ0) is 16.3. The van der Waals surface area contributed by atoms with Gasteiger partial charge in [0.15, 0.2) is 0 Å². The van der Waals surface area contributed by atoms with E-state index in [9.17, 15) is 22.8 Å². The highest BCUT2D eigenvalue weighted by molar-refractivity contribution is 5.86. The Morgan fingerprint density at radius 1 is 1.24 bits per heavy atom. The smallest absolute Gasteiger partial charge is 0.411 e. The molecule has 0 N–H and O–H groups in total. The largest absolute Gasteiger partial charge is 0.458 e. The molecule has 1 aliphatic heterocycles. The van der Waals surface area contributed by atoms with Crippen LogP contribution in [0.4, 0.5) is 13.2 Å². The van der Waals surface area contributed by atoms with E-state index in [1.165, 1.54) is 4.90 Å². The number of likely N-dealkylation sites (tertiary alicyclic amines) is 1. The highest BCUT2D eigenvalue weighted by Gasteiger charge is 2.37. The lowest BCUT2D eigenvalue weighted by Gasteiger charge is -2.27. The third-order valence-electron chi connectivity index (χ3n) is 2.74. The molecule has 0 aromatic heterocycles. The quantitative estimate of drug-likeness (QED) is 0.744. The summed E-state index contributed by atoms with van der Waals surface area (Å²) in [6, 6.07) is -0.744. The van der Waals surface area contributed by atoms with Gasteiger partial charge in [0.05, 0.1) is 0 Å². The summed E-state index contributed by atoms with van der Waals surface area (Å²) in [5, 5.41) is 0. The number of hydrogen-bond acceptors (Lipinski definition) is 4. The van der Waals surface area contributed by atoms with Gasteiger partial charge in [0.2, 0.25) is 5.91 Å². The van der Waals surface area contributed by atoms with Crippen LogP contribution in [0.15, 0.2) is 0 Å². The Kier molecular flexibility index (Phi) is 5.61. The van der Waals surface area contributed by atoms with Crippen molar-refractivity contribution in [1.29, 1.82) is 0 Å². The molecular formula is C13H20F3NO4. The lowest BCUT2D eigenvalue weighted by molar-refractivity contribution is -0.180. The van der Waals surface area contributed by atoms with E-state index >= 15 is 0 Å². The predicted octanol–water partition coefficient (Wildman–Crippen LogP) is 1.90. The summed E-state index contributed by atoms with van der Waals surface area (Å²) in [7, 11) is 0. The highest BCUT2D eigenvalue weighted by atomic mass is 19.4. The minimum atomic E-state index is -4.48. The topological polar surface area (TPSA) is 55.8 Å².